The first-order valence-electron chi connectivity index (χ1n) is 5.90. The molecule has 5 heteroatoms. The molecule has 0 saturated heterocycles. The molecule has 100 valence electrons. The van der Waals surface area contributed by atoms with Crippen LogP contribution >= 0.6 is 12.2 Å². The van der Waals surface area contributed by atoms with E-state index in [2.05, 4.69) is 24.5 Å². The zero-order chi connectivity index (χ0) is 13.5. The van der Waals surface area contributed by atoms with E-state index in [1.807, 2.05) is 18.2 Å². The fourth-order valence-electron chi connectivity index (χ4n) is 1.41. The Hall–Kier alpha value is -1.49. The molecule has 0 heterocycles. The van der Waals surface area contributed by atoms with Crippen molar-refractivity contribution in [3.8, 4) is 11.5 Å². The summed E-state index contributed by atoms with van der Waals surface area (Å²) in [6.07, 6.45) is 1.02. The van der Waals surface area contributed by atoms with Gasteiger partial charge >= 0.3 is 0 Å². The van der Waals surface area contributed by atoms with Crippen LogP contribution < -0.4 is 20.1 Å². The molecule has 2 N–H and O–H groups in total. The predicted molar refractivity (Wildman–Crippen MR) is 78.7 cm³/mol. The average Bonchev–Trinajstić information content (AvgIpc) is 2.38. The topological polar surface area (TPSA) is 42.5 Å². The fraction of sp³-hybridized carbons (Fsp3) is 0.462. The fourth-order valence-corrected chi connectivity index (χ4v) is 1.73. The number of rotatable bonds is 5. The van der Waals surface area contributed by atoms with Crippen LogP contribution in [-0.4, -0.2) is 25.4 Å². The highest BCUT2D eigenvalue weighted by Gasteiger charge is 2.06. The zero-order valence-corrected chi connectivity index (χ0v) is 12.1. The smallest absolute Gasteiger partial charge is 0.170 e. The third-order valence-electron chi connectivity index (χ3n) is 2.63. The van der Waals surface area contributed by atoms with Crippen LogP contribution in [0.5, 0.6) is 11.5 Å². The van der Waals surface area contributed by atoms with Gasteiger partial charge in [-0.3, -0.25) is 0 Å². The third kappa shape index (κ3) is 4.07. The highest BCUT2D eigenvalue weighted by molar-refractivity contribution is 7.80. The van der Waals surface area contributed by atoms with Gasteiger partial charge in [-0.25, -0.2) is 0 Å². The van der Waals surface area contributed by atoms with Gasteiger partial charge < -0.3 is 20.1 Å². The standard InChI is InChI=1S/C13H20N2O2S/c1-5-9(2)14-13(18)15-10-6-7-11(16-3)12(8-10)17-4/h6-9H,5H2,1-4H3,(H2,14,15,18). The van der Waals surface area contributed by atoms with Crippen LogP contribution in [0.3, 0.4) is 0 Å². The van der Waals surface area contributed by atoms with Gasteiger partial charge in [-0.15, -0.1) is 0 Å². The van der Waals surface area contributed by atoms with E-state index in [4.69, 9.17) is 21.7 Å². The molecule has 0 amide bonds. The number of hydrogen-bond acceptors (Lipinski definition) is 3. The Bertz CT molecular complexity index is 410. The Balaban J connectivity index is 2.70. The Morgan fingerprint density at radius 1 is 1.28 bits per heavy atom. The second-order valence-corrected chi connectivity index (χ2v) is 4.39. The molecule has 1 aromatic carbocycles. The molecular weight excluding hydrogens is 248 g/mol. The van der Waals surface area contributed by atoms with Crippen molar-refractivity contribution in [3.05, 3.63) is 18.2 Å². The van der Waals surface area contributed by atoms with Gasteiger partial charge in [0.15, 0.2) is 16.6 Å². The molecule has 18 heavy (non-hydrogen) atoms. The number of thiocarbonyl (C=S) groups is 1. The maximum Gasteiger partial charge on any atom is 0.170 e. The molecule has 0 bridgehead atoms. The van der Waals surface area contributed by atoms with E-state index in [0.29, 0.717) is 22.7 Å². The molecule has 1 atom stereocenters. The first-order chi connectivity index (χ1) is 8.60. The Labute approximate surface area is 114 Å². The SMILES string of the molecule is CCC(C)NC(=S)Nc1ccc(OC)c(OC)c1. The first kappa shape index (κ1) is 14.6. The lowest BCUT2D eigenvalue weighted by molar-refractivity contribution is 0.355. The Morgan fingerprint density at radius 2 is 1.94 bits per heavy atom. The summed E-state index contributed by atoms with van der Waals surface area (Å²) >= 11 is 5.23. The number of ether oxygens (including phenoxy) is 2. The number of nitrogens with one attached hydrogen (secondary N) is 2. The van der Waals surface area contributed by atoms with Crippen LogP contribution in [-0.2, 0) is 0 Å². The molecular formula is C13H20N2O2S. The summed E-state index contributed by atoms with van der Waals surface area (Å²) in [4.78, 5) is 0. The summed E-state index contributed by atoms with van der Waals surface area (Å²) in [5.41, 5.74) is 0.869. The lowest BCUT2D eigenvalue weighted by Crippen LogP contribution is -2.35. The van der Waals surface area contributed by atoms with Gasteiger partial charge in [-0.1, -0.05) is 6.92 Å². The van der Waals surface area contributed by atoms with Crippen LogP contribution in [0.1, 0.15) is 20.3 Å². The van der Waals surface area contributed by atoms with Crippen molar-refractivity contribution in [3.63, 3.8) is 0 Å². The van der Waals surface area contributed by atoms with Gasteiger partial charge in [-0.2, -0.15) is 0 Å². The summed E-state index contributed by atoms with van der Waals surface area (Å²) in [6.45, 7) is 4.19. The molecule has 0 aromatic heterocycles. The van der Waals surface area contributed by atoms with Crippen molar-refractivity contribution in [1.82, 2.24) is 5.32 Å². The maximum atomic E-state index is 5.23. The first-order valence-corrected chi connectivity index (χ1v) is 6.31. The van der Waals surface area contributed by atoms with E-state index < -0.39 is 0 Å². The van der Waals surface area contributed by atoms with E-state index >= 15 is 0 Å². The summed E-state index contributed by atoms with van der Waals surface area (Å²) in [7, 11) is 3.22. The van der Waals surface area contributed by atoms with Crippen molar-refractivity contribution in [2.24, 2.45) is 0 Å². The van der Waals surface area contributed by atoms with Crippen LogP contribution in [0.2, 0.25) is 0 Å². The van der Waals surface area contributed by atoms with Gasteiger partial charge in [0.25, 0.3) is 0 Å². The lowest BCUT2D eigenvalue weighted by atomic mass is 10.2. The summed E-state index contributed by atoms with van der Waals surface area (Å²) in [5.74, 6) is 1.37. The van der Waals surface area contributed by atoms with Crippen LogP contribution in [0, 0.1) is 0 Å². The zero-order valence-electron chi connectivity index (χ0n) is 11.2. The van der Waals surface area contributed by atoms with Gasteiger partial charge in [0.1, 0.15) is 0 Å². The molecule has 0 aliphatic rings. The van der Waals surface area contributed by atoms with E-state index in [1.54, 1.807) is 14.2 Å². The monoisotopic (exact) mass is 268 g/mol. The Morgan fingerprint density at radius 3 is 2.50 bits per heavy atom. The van der Waals surface area contributed by atoms with E-state index in [0.717, 1.165) is 12.1 Å². The molecule has 0 saturated carbocycles. The van der Waals surface area contributed by atoms with Crippen molar-refractivity contribution in [2.75, 3.05) is 19.5 Å². The minimum atomic E-state index is 0.352. The number of benzene rings is 1. The largest absolute Gasteiger partial charge is 0.493 e. The predicted octanol–water partition coefficient (Wildman–Crippen LogP) is 2.79. The summed E-state index contributed by atoms with van der Waals surface area (Å²) in [6, 6.07) is 5.94. The molecule has 0 fully saturated rings. The third-order valence-corrected chi connectivity index (χ3v) is 2.85. The van der Waals surface area contributed by atoms with Crippen molar-refractivity contribution < 1.29 is 9.47 Å². The summed E-state index contributed by atoms with van der Waals surface area (Å²) in [5, 5.41) is 6.92. The molecule has 1 aromatic rings. The van der Waals surface area contributed by atoms with Gasteiger partial charge in [0.05, 0.1) is 14.2 Å². The molecule has 1 unspecified atom stereocenters. The quantitative estimate of drug-likeness (QED) is 0.804. The number of anilines is 1. The van der Waals surface area contributed by atoms with E-state index in [1.165, 1.54) is 0 Å². The second-order valence-electron chi connectivity index (χ2n) is 3.98. The molecule has 0 aliphatic heterocycles. The van der Waals surface area contributed by atoms with Crippen molar-refractivity contribution in [1.29, 1.82) is 0 Å². The van der Waals surface area contributed by atoms with Crippen molar-refractivity contribution >= 4 is 23.0 Å². The lowest BCUT2D eigenvalue weighted by Gasteiger charge is -2.16. The molecule has 4 nitrogen and oxygen atoms in total. The molecule has 1 rings (SSSR count). The average molecular weight is 268 g/mol. The van der Waals surface area contributed by atoms with E-state index in [9.17, 15) is 0 Å². The number of methoxy groups -OCH3 is 2. The van der Waals surface area contributed by atoms with E-state index in [-0.39, 0.29) is 0 Å². The van der Waals surface area contributed by atoms with Crippen molar-refractivity contribution in [2.45, 2.75) is 26.3 Å². The summed E-state index contributed by atoms with van der Waals surface area (Å²) < 4.78 is 10.4. The second kappa shape index (κ2) is 7.06. The van der Waals surface area contributed by atoms with Crippen LogP contribution in [0.25, 0.3) is 0 Å². The minimum Gasteiger partial charge on any atom is -0.493 e. The number of hydrogen-bond donors (Lipinski definition) is 2. The molecule has 0 spiro atoms. The Kier molecular flexibility index (Phi) is 5.71. The highest BCUT2D eigenvalue weighted by Crippen LogP contribution is 2.29. The normalized spacial score (nSPS) is 11.6. The highest BCUT2D eigenvalue weighted by atomic mass is 32.1. The van der Waals surface area contributed by atoms with Gasteiger partial charge in [-0.05, 0) is 37.7 Å². The maximum absolute atomic E-state index is 5.23. The van der Waals surface area contributed by atoms with Gasteiger partial charge in [0.2, 0.25) is 0 Å². The van der Waals surface area contributed by atoms with Crippen LogP contribution in [0.4, 0.5) is 5.69 Å². The molecule has 0 radical (unpaired) electrons. The van der Waals surface area contributed by atoms with Gasteiger partial charge in [0, 0.05) is 17.8 Å². The minimum absolute atomic E-state index is 0.352. The molecule has 0 aliphatic carbocycles. The van der Waals surface area contributed by atoms with Crippen LogP contribution in [0.15, 0.2) is 18.2 Å².